The first-order chi connectivity index (χ1) is 7.84. The maximum atomic E-state index is 11.5. The summed E-state index contributed by atoms with van der Waals surface area (Å²) in [6.07, 6.45) is -4.93. The number of rotatable bonds is 7. The van der Waals surface area contributed by atoms with Gasteiger partial charge in [-0.25, -0.2) is 0 Å². The van der Waals surface area contributed by atoms with E-state index >= 15 is 0 Å². The van der Waals surface area contributed by atoms with E-state index in [0.29, 0.717) is 0 Å². The maximum absolute atomic E-state index is 11.5. The number of aliphatic hydroxyl groups excluding tert-OH is 4. The van der Waals surface area contributed by atoms with Crippen molar-refractivity contribution in [1.29, 1.82) is 0 Å². The second kappa shape index (κ2) is 7.75. The van der Waals surface area contributed by atoms with Crippen LogP contribution in [0.25, 0.3) is 0 Å². The number of amides is 1. The van der Waals surface area contributed by atoms with Crippen molar-refractivity contribution in [2.45, 2.75) is 37.1 Å². The molecule has 1 amide bonds. The molecule has 0 saturated heterocycles. The second-order valence-electron chi connectivity index (χ2n) is 3.43. The summed E-state index contributed by atoms with van der Waals surface area (Å²) in [6.45, 7) is 0.418. The van der Waals surface area contributed by atoms with Gasteiger partial charge in [-0.3, -0.25) is 0 Å². The Labute approximate surface area is 105 Å². The third-order valence-corrected chi connectivity index (χ3v) is 3.46. The molecule has 0 bridgehead atoms. The molecule has 4 atom stereocenters. The zero-order valence-electron chi connectivity index (χ0n) is 9.53. The Hall–Kier alpha value is -0.501. The molecule has 0 aromatic rings. The van der Waals surface area contributed by atoms with Gasteiger partial charge in [-0.05, 0) is 0 Å². The number of nitrogens with one attached hydrogen (secondary N) is 1. The third-order valence-electron chi connectivity index (χ3n) is 2.09. The second-order valence-corrected chi connectivity index (χ2v) is 5.13. The molecule has 0 heterocycles. The number of carbonyl (C=O) groups excluding carboxylic acids is 2. The molecule has 5 N–H and O–H groups in total. The van der Waals surface area contributed by atoms with Gasteiger partial charge in [0.15, 0.2) is 0 Å². The summed E-state index contributed by atoms with van der Waals surface area (Å²) in [7, 11) is 0. The summed E-state index contributed by atoms with van der Waals surface area (Å²) in [5.74, 6) is 1.07. The molecule has 0 aromatic heterocycles. The van der Waals surface area contributed by atoms with Crippen LogP contribution in [0.4, 0.5) is 0 Å². The summed E-state index contributed by atoms with van der Waals surface area (Å²) in [6, 6.07) is -1.27. The average Bonchev–Trinajstić information content (AvgIpc) is 2.31. The fraction of sp³-hybridized carbons (Fsp3) is 0.778. The molecule has 0 aromatic carbocycles. The molecular formula is C9H17NO6Se. The molecule has 0 saturated carbocycles. The van der Waals surface area contributed by atoms with Crippen molar-refractivity contribution in [1.82, 2.24) is 5.32 Å². The predicted octanol–water partition coefficient (Wildman–Crippen LogP) is -3.15. The topological polar surface area (TPSA) is 127 Å². The van der Waals surface area contributed by atoms with Crippen LogP contribution in [0.15, 0.2) is 0 Å². The SMILES string of the molecule is C[Se]C(=O)[C@H](NC(C)=O)[C@@H](O)[C@@H](O)[C@H](O)CO. The number of aliphatic hydroxyl groups is 4. The molecule has 0 fully saturated rings. The molecule has 0 aliphatic heterocycles. The van der Waals surface area contributed by atoms with Gasteiger partial charge in [0, 0.05) is 0 Å². The molecule has 100 valence electrons. The van der Waals surface area contributed by atoms with E-state index in [1.165, 1.54) is 6.92 Å². The van der Waals surface area contributed by atoms with Crippen molar-refractivity contribution in [3.8, 4) is 0 Å². The molecule has 17 heavy (non-hydrogen) atoms. The minimum atomic E-state index is -1.71. The minimum absolute atomic E-state index is 0.413. The van der Waals surface area contributed by atoms with Gasteiger partial charge in [0.25, 0.3) is 0 Å². The van der Waals surface area contributed by atoms with Crippen LogP contribution in [0.1, 0.15) is 6.92 Å². The summed E-state index contributed by atoms with van der Waals surface area (Å²) in [5, 5.41) is 39.1. The van der Waals surface area contributed by atoms with Crippen LogP contribution in [0.3, 0.4) is 0 Å². The first-order valence-corrected chi connectivity index (χ1v) is 7.42. The quantitative estimate of drug-likeness (QED) is 0.316. The van der Waals surface area contributed by atoms with Crippen LogP contribution in [0.2, 0.25) is 5.82 Å². The zero-order valence-corrected chi connectivity index (χ0v) is 11.2. The van der Waals surface area contributed by atoms with Crippen LogP contribution in [0.5, 0.6) is 0 Å². The van der Waals surface area contributed by atoms with Gasteiger partial charge in [0.2, 0.25) is 0 Å². The predicted molar refractivity (Wildman–Crippen MR) is 59.3 cm³/mol. The summed E-state index contributed by atoms with van der Waals surface area (Å²) >= 11 is -0.474. The molecule has 8 heteroatoms. The average molecular weight is 314 g/mol. The third kappa shape index (κ3) is 5.11. The normalized spacial score (nSPS) is 18.0. The molecule has 0 spiro atoms. The van der Waals surface area contributed by atoms with Crippen molar-refractivity contribution in [2.75, 3.05) is 6.61 Å². The van der Waals surface area contributed by atoms with E-state index in [-0.39, 0.29) is 0 Å². The van der Waals surface area contributed by atoms with Crippen molar-refractivity contribution >= 4 is 25.5 Å². The van der Waals surface area contributed by atoms with Crippen LogP contribution in [-0.4, -0.2) is 76.9 Å². The van der Waals surface area contributed by atoms with Crippen LogP contribution in [-0.2, 0) is 9.59 Å². The fourth-order valence-electron chi connectivity index (χ4n) is 1.16. The molecular weight excluding hydrogens is 297 g/mol. The van der Waals surface area contributed by atoms with Gasteiger partial charge in [0.05, 0.1) is 0 Å². The summed E-state index contributed by atoms with van der Waals surface area (Å²) < 4.78 is -0.413. The molecule has 7 nitrogen and oxygen atoms in total. The monoisotopic (exact) mass is 315 g/mol. The van der Waals surface area contributed by atoms with Crippen molar-refractivity contribution < 1.29 is 30.0 Å². The molecule has 0 radical (unpaired) electrons. The zero-order chi connectivity index (χ0) is 13.6. The van der Waals surface area contributed by atoms with E-state index in [1.807, 2.05) is 0 Å². The Morgan fingerprint density at radius 1 is 1.24 bits per heavy atom. The van der Waals surface area contributed by atoms with E-state index in [2.05, 4.69) is 5.32 Å². The number of carbonyl (C=O) groups is 2. The first kappa shape index (κ1) is 16.5. The van der Waals surface area contributed by atoms with Crippen LogP contribution in [0, 0.1) is 0 Å². The van der Waals surface area contributed by atoms with E-state index in [9.17, 15) is 19.8 Å². The van der Waals surface area contributed by atoms with E-state index in [1.54, 1.807) is 5.82 Å². The molecule has 0 aliphatic carbocycles. The van der Waals surface area contributed by atoms with E-state index in [4.69, 9.17) is 10.2 Å². The van der Waals surface area contributed by atoms with Crippen LogP contribution >= 0.6 is 0 Å². The van der Waals surface area contributed by atoms with Crippen molar-refractivity contribution in [3.63, 3.8) is 0 Å². The Morgan fingerprint density at radius 3 is 2.12 bits per heavy atom. The standard InChI is InChI=1S/C9H17NO6Se/c1-4(12)10-6(9(16)17-2)8(15)7(14)5(13)3-11/h5-8,11,13-15H,3H2,1-2H3,(H,10,12)/t5-,6-,7+,8-/m1/s1. The van der Waals surface area contributed by atoms with Gasteiger partial charge in [-0.2, -0.15) is 0 Å². The molecule has 0 rings (SSSR count). The first-order valence-electron chi connectivity index (χ1n) is 4.85. The van der Waals surface area contributed by atoms with Crippen molar-refractivity contribution in [2.24, 2.45) is 0 Å². The van der Waals surface area contributed by atoms with Gasteiger partial charge in [-0.15, -0.1) is 0 Å². The number of hydrogen-bond acceptors (Lipinski definition) is 6. The van der Waals surface area contributed by atoms with Gasteiger partial charge in [-0.1, -0.05) is 0 Å². The Bertz CT molecular complexity index is 274. The van der Waals surface area contributed by atoms with Gasteiger partial charge >= 0.3 is 105 Å². The van der Waals surface area contributed by atoms with Gasteiger partial charge < -0.3 is 0 Å². The Morgan fingerprint density at radius 2 is 1.76 bits per heavy atom. The van der Waals surface area contributed by atoms with Gasteiger partial charge in [0.1, 0.15) is 0 Å². The Kier molecular flexibility index (Phi) is 7.53. The van der Waals surface area contributed by atoms with Crippen LogP contribution < -0.4 is 5.32 Å². The van der Waals surface area contributed by atoms with Crippen molar-refractivity contribution in [3.05, 3.63) is 0 Å². The Balaban J connectivity index is 4.78. The molecule has 0 unspecified atom stereocenters. The molecule has 0 aliphatic rings. The fourth-order valence-corrected chi connectivity index (χ4v) is 2.11. The summed E-state index contributed by atoms with van der Waals surface area (Å²) in [5.41, 5.74) is 0. The summed E-state index contributed by atoms with van der Waals surface area (Å²) in [4.78, 5) is 22.4. The van der Waals surface area contributed by atoms with E-state index < -0.39 is 56.5 Å². The number of hydrogen-bond donors (Lipinski definition) is 5. The van der Waals surface area contributed by atoms with E-state index in [0.717, 1.165) is 0 Å².